The molecule has 0 unspecified atom stereocenters. The normalized spacial score (nSPS) is 9.53. The van der Waals surface area contributed by atoms with Gasteiger partial charge in [-0.15, -0.1) is 0 Å². The van der Waals surface area contributed by atoms with Crippen LogP contribution >= 0.6 is 0 Å². The molecule has 0 aromatic heterocycles. The predicted molar refractivity (Wildman–Crippen MR) is 53.6 cm³/mol. The predicted octanol–water partition coefficient (Wildman–Crippen LogP) is 2.40. The number of carbonyl (C=O) groups excluding carboxylic acids is 1. The fourth-order valence-corrected chi connectivity index (χ4v) is 1.00. The van der Waals surface area contributed by atoms with Crippen molar-refractivity contribution in [3.8, 4) is 5.75 Å². The van der Waals surface area contributed by atoms with Crippen LogP contribution in [0.1, 0.15) is 6.92 Å². The van der Waals surface area contributed by atoms with Crippen molar-refractivity contribution in [1.29, 1.82) is 0 Å². The zero-order chi connectivity index (χ0) is 11.3. The number of nitrogens with one attached hydrogen (secondary N) is 1. The Morgan fingerprint density at radius 1 is 1.53 bits per heavy atom. The van der Waals surface area contributed by atoms with E-state index in [9.17, 15) is 9.18 Å². The van der Waals surface area contributed by atoms with Crippen molar-refractivity contribution in [1.82, 2.24) is 0 Å². The molecule has 15 heavy (non-hydrogen) atoms. The molecule has 0 fully saturated rings. The van der Waals surface area contributed by atoms with Crippen molar-refractivity contribution < 1.29 is 18.7 Å². The Hall–Kier alpha value is -1.78. The first-order valence-corrected chi connectivity index (χ1v) is 4.44. The molecule has 0 saturated heterocycles. The van der Waals surface area contributed by atoms with Gasteiger partial charge in [0.1, 0.15) is 5.75 Å². The van der Waals surface area contributed by atoms with E-state index in [1.54, 1.807) is 13.0 Å². The molecule has 0 spiro atoms. The third-order valence-electron chi connectivity index (χ3n) is 1.69. The number of halogens is 1. The van der Waals surface area contributed by atoms with Crippen molar-refractivity contribution in [2.45, 2.75) is 6.92 Å². The van der Waals surface area contributed by atoms with Gasteiger partial charge in [-0.3, -0.25) is 5.32 Å². The van der Waals surface area contributed by atoms with Crippen molar-refractivity contribution in [2.75, 3.05) is 19.0 Å². The summed E-state index contributed by atoms with van der Waals surface area (Å²) in [5.41, 5.74) is 0.0641. The summed E-state index contributed by atoms with van der Waals surface area (Å²) >= 11 is 0. The number of amides is 1. The Morgan fingerprint density at radius 3 is 2.80 bits per heavy atom. The topological polar surface area (TPSA) is 47.6 Å². The van der Waals surface area contributed by atoms with E-state index in [4.69, 9.17) is 4.74 Å². The van der Waals surface area contributed by atoms with E-state index in [2.05, 4.69) is 10.1 Å². The maximum atomic E-state index is 13.3. The molecule has 0 saturated carbocycles. The first-order valence-electron chi connectivity index (χ1n) is 4.44. The number of ether oxygens (including phenoxy) is 2. The largest absolute Gasteiger partial charge is 0.497 e. The Morgan fingerprint density at radius 2 is 2.27 bits per heavy atom. The van der Waals surface area contributed by atoms with E-state index >= 15 is 0 Å². The molecule has 0 aliphatic rings. The number of hydrogen-bond donors (Lipinski definition) is 1. The lowest BCUT2D eigenvalue weighted by molar-refractivity contribution is 0.168. The highest BCUT2D eigenvalue weighted by molar-refractivity contribution is 5.84. The van der Waals surface area contributed by atoms with Crippen LogP contribution in [0.2, 0.25) is 0 Å². The maximum absolute atomic E-state index is 13.3. The molecule has 1 amide bonds. The van der Waals surface area contributed by atoms with Gasteiger partial charge in [-0.25, -0.2) is 9.18 Å². The molecule has 0 aliphatic carbocycles. The van der Waals surface area contributed by atoms with Crippen molar-refractivity contribution in [3.05, 3.63) is 24.0 Å². The summed E-state index contributed by atoms with van der Waals surface area (Å²) in [6, 6.07) is 4.14. The Bertz CT molecular complexity index is 355. The summed E-state index contributed by atoms with van der Waals surface area (Å²) in [4.78, 5) is 11.0. The molecule has 0 bridgehead atoms. The van der Waals surface area contributed by atoms with Crippen molar-refractivity contribution >= 4 is 11.8 Å². The summed E-state index contributed by atoms with van der Waals surface area (Å²) in [6.07, 6.45) is -0.679. The van der Waals surface area contributed by atoms with Crippen LogP contribution < -0.4 is 10.1 Å². The van der Waals surface area contributed by atoms with Crippen LogP contribution in [-0.2, 0) is 4.74 Å². The van der Waals surface area contributed by atoms with Gasteiger partial charge in [0.05, 0.1) is 19.4 Å². The first-order chi connectivity index (χ1) is 7.17. The minimum atomic E-state index is -0.679. The van der Waals surface area contributed by atoms with E-state index in [1.165, 1.54) is 19.2 Å². The monoisotopic (exact) mass is 213 g/mol. The molecule has 1 N–H and O–H groups in total. The number of benzene rings is 1. The molecular formula is C10H12FNO3. The number of methoxy groups -OCH3 is 1. The molecule has 5 heteroatoms. The van der Waals surface area contributed by atoms with Crippen molar-refractivity contribution in [3.63, 3.8) is 0 Å². The molecule has 1 rings (SSSR count). The van der Waals surface area contributed by atoms with Crippen molar-refractivity contribution in [2.24, 2.45) is 0 Å². The van der Waals surface area contributed by atoms with Gasteiger partial charge in [-0.1, -0.05) is 0 Å². The van der Waals surface area contributed by atoms with Crippen LogP contribution in [0.5, 0.6) is 5.75 Å². The van der Waals surface area contributed by atoms with Gasteiger partial charge >= 0.3 is 6.09 Å². The van der Waals surface area contributed by atoms with Crippen LogP contribution in [0.15, 0.2) is 18.2 Å². The van der Waals surface area contributed by atoms with Crippen LogP contribution in [-0.4, -0.2) is 19.8 Å². The highest BCUT2D eigenvalue weighted by Gasteiger charge is 2.07. The zero-order valence-electron chi connectivity index (χ0n) is 8.54. The standard InChI is InChI=1S/C10H12FNO3/c1-3-15-10(13)12-9-5-4-7(14-2)6-8(9)11/h4-6H,3H2,1-2H3,(H,12,13). The van der Waals surface area contributed by atoms with Gasteiger partial charge in [0.25, 0.3) is 0 Å². The van der Waals surface area contributed by atoms with Gasteiger partial charge in [0, 0.05) is 6.07 Å². The minimum Gasteiger partial charge on any atom is -0.497 e. The fourth-order valence-electron chi connectivity index (χ4n) is 1.00. The third-order valence-corrected chi connectivity index (χ3v) is 1.69. The van der Waals surface area contributed by atoms with Gasteiger partial charge in [-0.05, 0) is 19.1 Å². The molecule has 0 aliphatic heterocycles. The molecule has 1 aromatic rings. The van der Waals surface area contributed by atoms with Crippen LogP contribution in [0, 0.1) is 5.82 Å². The average molecular weight is 213 g/mol. The van der Waals surface area contributed by atoms with Crippen LogP contribution in [0.4, 0.5) is 14.9 Å². The van der Waals surface area contributed by atoms with Crippen LogP contribution in [0.25, 0.3) is 0 Å². The van der Waals surface area contributed by atoms with Gasteiger partial charge in [0.15, 0.2) is 5.82 Å². The second-order valence-corrected chi connectivity index (χ2v) is 2.69. The average Bonchev–Trinajstić information content (AvgIpc) is 2.21. The fraction of sp³-hybridized carbons (Fsp3) is 0.300. The summed E-state index contributed by atoms with van der Waals surface area (Å²) in [5, 5.41) is 2.27. The van der Waals surface area contributed by atoms with E-state index in [-0.39, 0.29) is 12.3 Å². The van der Waals surface area contributed by atoms with Crippen LogP contribution in [0.3, 0.4) is 0 Å². The smallest absolute Gasteiger partial charge is 0.411 e. The van der Waals surface area contributed by atoms with E-state index in [0.29, 0.717) is 5.75 Å². The lowest BCUT2D eigenvalue weighted by Gasteiger charge is -2.07. The molecule has 4 nitrogen and oxygen atoms in total. The van der Waals surface area contributed by atoms with Gasteiger partial charge in [-0.2, -0.15) is 0 Å². The first kappa shape index (κ1) is 11.3. The third kappa shape index (κ3) is 3.12. The molecule has 0 heterocycles. The number of anilines is 1. The second kappa shape index (κ2) is 5.19. The Labute approximate surface area is 87.0 Å². The summed E-state index contributed by atoms with van der Waals surface area (Å²) in [5.74, 6) is -0.177. The number of carbonyl (C=O) groups is 1. The highest BCUT2D eigenvalue weighted by atomic mass is 19.1. The lowest BCUT2D eigenvalue weighted by Crippen LogP contribution is -2.14. The molecular weight excluding hydrogens is 201 g/mol. The SMILES string of the molecule is CCOC(=O)Nc1ccc(OC)cc1F. The maximum Gasteiger partial charge on any atom is 0.411 e. The quantitative estimate of drug-likeness (QED) is 0.838. The van der Waals surface area contributed by atoms with E-state index < -0.39 is 11.9 Å². The minimum absolute atomic E-state index is 0.0641. The molecule has 1 aromatic carbocycles. The van der Waals surface area contributed by atoms with Gasteiger partial charge < -0.3 is 9.47 Å². The van der Waals surface area contributed by atoms with E-state index in [0.717, 1.165) is 0 Å². The summed E-state index contributed by atoms with van der Waals surface area (Å²) in [7, 11) is 1.44. The number of rotatable bonds is 3. The molecule has 0 radical (unpaired) electrons. The van der Waals surface area contributed by atoms with Gasteiger partial charge in [0.2, 0.25) is 0 Å². The summed E-state index contributed by atoms with van der Waals surface area (Å²) < 4.78 is 22.7. The Kier molecular flexibility index (Phi) is 3.91. The van der Waals surface area contributed by atoms with E-state index in [1.807, 2.05) is 0 Å². The molecule has 0 atom stereocenters. The second-order valence-electron chi connectivity index (χ2n) is 2.69. The number of hydrogen-bond acceptors (Lipinski definition) is 3. The Balaban J connectivity index is 2.73. The summed E-state index contributed by atoms with van der Waals surface area (Å²) in [6.45, 7) is 1.91. The highest BCUT2D eigenvalue weighted by Crippen LogP contribution is 2.20. The lowest BCUT2D eigenvalue weighted by atomic mass is 10.3. The molecule has 82 valence electrons. The zero-order valence-corrected chi connectivity index (χ0v) is 8.54.